The normalized spacial score (nSPS) is 18.4. The molecule has 0 spiro atoms. The van der Waals surface area contributed by atoms with E-state index in [4.69, 9.17) is 9.84 Å². The van der Waals surface area contributed by atoms with Gasteiger partial charge < -0.3 is 14.7 Å². The van der Waals surface area contributed by atoms with Gasteiger partial charge in [-0.25, -0.2) is 14.8 Å². The van der Waals surface area contributed by atoms with E-state index in [-0.39, 0.29) is 12.6 Å². The second-order valence-electron chi connectivity index (χ2n) is 4.50. The van der Waals surface area contributed by atoms with Crippen LogP contribution in [0.15, 0.2) is 12.4 Å². The summed E-state index contributed by atoms with van der Waals surface area (Å²) < 4.78 is 4.94. The Morgan fingerprint density at radius 2 is 2.30 bits per heavy atom. The van der Waals surface area contributed by atoms with Crippen molar-refractivity contribution >= 4 is 17.8 Å². The fourth-order valence-electron chi connectivity index (χ4n) is 2.07. The molecule has 0 bridgehead atoms. The predicted molar refractivity (Wildman–Crippen MR) is 69.5 cm³/mol. The van der Waals surface area contributed by atoms with Gasteiger partial charge in [0.25, 0.3) is 0 Å². The summed E-state index contributed by atoms with van der Waals surface area (Å²) in [6.07, 6.45) is 2.56. The molecular weight excluding hydrogens is 264 g/mol. The number of likely N-dealkylation sites (tertiary alicyclic amines) is 1. The number of nitrogens with zero attached hydrogens (tertiary/aromatic N) is 3. The van der Waals surface area contributed by atoms with Crippen molar-refractivity contribution in [2.24, 2.45) is 5.92 Å². The van der Waals surface area contributed by atoms with E-state index in [1.807, 2.05) is 0 Å². The van der Waals surface area contributed by atoms with Crippen molar-refractivity contribution in [3.63, 3.8) is 0 Å². The monoisotopic (exact) mass is 280 g/mol. The van der Waals surface area contributed by atoms with Crippen LogP contribution < -0.4 is 10.1 Å². The topological polar surface area (TPSA) is 105 Å². The zero-order valence-electron chi connectivity index (χ0n) is 11.1. The fourth-order valence-corrected chi connectivity index (χ4v) is 2.07. The second kappa shape index (κ2) is 6.18. The highest BCUT2D eigenvalue weighted by atomic mass is 16.5. The number of carboxylic acid groups (broad SMARTS) is 1. The Morgan fingerprint density at radius 1 is 1.50 bits per heavy atom. The highest BCUT2D eigenvalue weighted by Gasteiger charge is 2.28. The molecule has 0 saturated carbocycles. The van der Waals surface area contributed by atoms with E-state index in [2.05, 4.69) is 15.3 Å². The highest BCUT2D eigenvalue weighted by Crippen LogP contribution is 2.18. The number of amides is 2. The first-order valence-electron chi connectivity index (χ1n) is 6.25. The van der Waals surface area contributed by atoms with Gasteiger partial charge in [0.15, 0.2) is 0 Å². The largest absolute Gasteiger partial charge is 0.481 e. The molecule has 0 aliphatic carbocycles. The third-order valence-corrected chi connectivity index (χ3v) is 3.14. The van der Waals surface area contributed by atoms with E-state index < -0.39 is 11.9 Å². The van der Waals surface area contributed by atoms with Crippen LogP contribution in [0, 0.1) is 5.92 Å². The van der Waals surface area contributed by atoms with Crippen molar-refractivity contribution in [1.29, 1.82) is 0 Å². The maximum atomic E-state index is 12.1. The van der Waals surface area contributed by atoms with Gasteiger partial charge in [-0.3, -0.25) is 10.1 Å². The molecule has 8 heteroatoms. The van der Waals surface area contributed by atoms with E-state index in [9.17, 15) is 9.59 Å². The van der Waals surface area contributed by atoms with Crippen LogP contribution >= 0.6 is 0 Å². The molecule has 108 valence electrons. The molecule has 2 N–H and O–H groups in total. The molecule has 1 aliphatic heterocycles. The number of hydrogen-bond acceptors (Lipinski definition) is 5. The Hall–Kier alpha value is -2.38. The number of carbonyl (C=O) groups excluding carboxylic acids is 1. The molecule has 0 aromatic carbocycles. The minimum absolute atomic E-state index is 0.212. The van der Waals surface area contributed by atoms with Crippen molar-refractivity contribution in [3.8, 4) is 5.88 Å². The molecular formula is C12H16N4O4. The minimum Gasteiger partial charge on any atom is -0.481 e. The van der Waals surface area contributed by atoms with Gasteiger partial charge in [-0.2, -0.15) is 0 Å². The van der Waals surface area contributed by atoms with Crippen LogP contribution in [0.1, 0.15) is 12.8 Å². The number of nitrogens with one attached hydrogen (secondary N) is 1. The van der Waals surface area contributed by atoms with Crippen LogP contribution in [0.3, 0.4) is 0 Å². The minimum atomic E-state index is -0.869. The van der Waals surface area contributed by atoms with Crippen molar-refractivity contribution in [3.05, 3.63) is 12.4 Å². The number of hydrogen-bond donors (Lipinski definition) is 2. The lowest BCUT2D eigenvalue weighted by atomic mass is 9.99. The Balaban J connectivity index is 1.98. The van der Waals surface area contributed by atoms with Gasteiger partial charge in [-0.15, -0.1) is 0 Å². The lowest BCUT2D eigenvalue weighted by Crippen LogP contribution is -2.44. The molecule has 1 aliphatic rings. The molecule has 0 radical (unpaired) electrons. The number of rotatable bonds is 3. The first-order chi connectivity index (χ1) is 9.60. The van der Waals surface area contributed by atoms with Crippen LogP contribution in [0.4, 0.5) is 10.6 Å². The summed E-state index contributed by atoms with van der Waals surface area (Å²) in [5.74, 6) is -0.711. The molecule has 2 amide bonds. The third-order valence-electron chi connectivity index (χ3n) is 3.14. The van der Waals surface area contributed by atoms with Crippen LogP contribution in [0.2, 0.25) is 0 Å². The van der Waals surface area contributed by atoms with Crippen molar-refractivity contribution < 1.29 is 19.4 Å². The van der Waals surface area contributed by atoms with Crippen LogP contribution in [-0.4, -0.2) is 52.2 Å². The maximum Gasteiger partial charge on any atom is 0.323 e. The highest BCUT2D eigenvalue weighted by molar-refractivity contribution is 5.88. The average molecular weight is 280 g/mol. The van der Waals surface area contributed by atoms with Crippen LogP contribution in [-0.2, 0) is 4.79 Å². The summed E-state index contributed by atoms with van der Waals surface area (Å²) in [7, 11) is 1.47. The van der Waals surface area contributed by atoms with Crippen molar-refractivity contribution in [2.75, 3.05) is 25.5 Å². The molecule has 1 saturated heterocycles. The quantitative estimate of drug-likeness (QED) is 0.849. The first-order valence-corrected chi connectivity index (χ1v) is 6.25. The van der Waals surface area contributed by atoms with Gasteiger partial charge in [0, 0.05) is 19.2 Å². The van der Waals surface area contributed by atoms with E-state index in [0.29, 0.717) is 31.1 Å². The van der Waals surface area contributed by atoms with E-state index in [1.54, 1.807) is 0 Å². The number of ether oxygens (including phenoxy) is 1. The van der Waals surface area contributed by atoms with E-state index in [1.165, 1.54) is 24.4 Å². The van der Waals surface area contributed by atoms with Gasteiger partial charge in [-0.05, 0) is 12.8 Å². The standard InChI is InChI=1S/C12H16N4O4/c1-20-10-5-9(13-7-14-10)15-12(19)16-4-2-3-8(6-16)11(17)18/h5,7-8H,2-4,6H2,1H3,(H,17,18)(H,13,14,15,19). The predicted octanol–water partition coefficient (Wildman–Crippen LogP) is 0.814. The van der Waals surface area contributed by atoms with Gasteiger partial charge in [0.05, 0.1) is 13.0 Å². The Labute approximate surface area is 115 Å². The first kappa shape index (κ1) is 14.0. The summed E-state index contributed by atoms with van der Waals surface area (Å²) in [5, 5.41) is 11.6. The van der Waals surface area contributed by atoms with Crippen molar-refractivity contribution in [1.82, 2.24) is 14.9 Å². The van der Waals surface area contributed by atoms with Gasteiger partial charge in [-0.1, -0.05) is 0 Å². The molecule has 1 atom stereocenters. The van der Waals surface area contributed by atoms with Gasteiger partial charge >= 0.3 is 12.0 Å². The third kappa shape index (κ3) is 3.34. The van der Waals surface area contributed by atoms with E-state index >= 15 is 0 Å². The van der Waals surface area contributed by atoms with Gasteiger partial charge in [0.1, 0.15) is 12.1 Å². The number of piperidine rings is 1. The number of anilines is 1. The molecule has 20 heavy (non-hydrogen) atoms. The average Bonchev–Trinajstić information content (AvgIpc) is 2.47. The summed E-state index contributed by atoms with van der Waals surface area (Å²) in [5.41, 5.74) is 0. The SMILES string of the molecule is COc1cc(NC(=O)N2CCCC(C(=O)O)C2)ncn1. The number of aromatic nitrogens is 2. The Bertz CT molecular complexity index is 508. The number of carboxylic acids is 1. The molecule has 1 unspecified atom stereocenters. The molecule has 1 fully saturated rings. The summed E-state index contributed by atoms with van der Waals surface area (Å²) in [6.45, 7) is 0.751. The fraction of sp³-hybridized carbons (Fsp3) is 0.500. The van der Waals surface area contributed by atoms with Crippen LogP contribution in [0.5, 0.6) is 5.88 Å². The lowest BCUT2D eigenvalue weighted by Gasteiger charge is -2.30. The molecule has 1 aromatic rings. The summed E-state index contributed by atoms with van der Waals surface area (Å²) in [6, 6.07) is 1.13. The zero-order chi connectivity index (χ0) is 14.5. The number of urea groups is 1. The molecule has 8 nitrogen and oxygen atoms in total. The lowest BCUT2D eigenvalue weighted by molar-refractivity contribution is -0.143. The number of aliphatic carboxylic acids is 1. The van der Waals surface area contributed by atoms with E-state index in [0.717, 1.165) is 0 Å². The van der Waals surface area contributed by atoms with Crippen molar-refractivity contribution in [2.45, 2.75) is 12.8 Å². The Kier molecular flexibility index (Phi) is 4.34. The molecule has 1 aromatic heterocycles. The smallest absolute Gasteiger partial charge is 0.323 e. The number of methoxy groups -OCH3 is 1. The summed E-state index contributed by atoms with van der Waals surface area (Å²) >= 11 is 0. The zero-order valence-corrected chi connectivity index (χ0v) is 11.1. The molecule has 2 heterocycles. The summed E-state index contributed by atoms with van der Waals surface area (Å²) in [4.78, 5) is 32.3. The van der Waals surface area contributed by atoms with Crippen LogP contribution in [0.25, 0.3) is 0 Å². The number of carbonyl (C=O) groups is 2. The second-order valence-corrected chi connectivity index (χ2v) is 4.50. The van der Waals surface area contributed by atoms with Gasteiger partial charge in [0.2, 0.25) is 5.88 Å². The maximum absolute atomic E-state index is 12.1. The Morgan fingerprint density at radius 3 is 3.00 bits per heavy atom. The molecule has 2 rings (SSSR count).